The minimum absolute atomic E-state index is 0.392. The summed E-state index contributed by atoms with van der Waals surface area (Å²) >= 11 is 1.62. The molecule has 0 atom stereocenters. The van der Waals surface area contributed by atoms with Crippen molar-refractivity contribution in [2.24, 2.45) is 4.99 Å². The van der Waals surface area contributed by atoms with Crippen LogP contribution in [-0.2, 0) is 9.59 Å². The zero-order valence-electron chi connectivity index (χ0n) is 19.2. The number of amides is 1. The molecule has 1 amide bonds. The molecule has 1 heterocycles. The van der Waals surface area contributed by atoms with Crippen LogP contribution in [0.3, 0.4) is 0 Å². The van der Waals surface area contributed by atoms with Crippen LogP contribution in [0.1, 0.15) is 103 Å². The molecule has 1 aromatic carbocycles. The van der Waals surface area contributed by atoms with Crippen molar-refractivity contribution >= 4 is 29.2 Å². The Labute approximate surface area is 191 Å². The second-order valence-electron chi connectivity index (χ2n) is 8.54. The number of aliphatic hydroxyl groups excluding tert-OH is 1. The van der Waals surface area contributed by atoms with Gasteiger partial charge in [0.1, 0.15) is 0 Å². The number of ketones is 1. The summed E-state index contributed by atoms with van der Waals surface area (Å²) in [7, 11) is 0. The van der Waals surface area contributed by atoms with E-state index in [9.17, 15) is 14.7 Å². The maximum atomic E-state index is 11.7. The number of carbonyl (C=O) groups is 2. The van der Waals surface area contributed by atoms with Gasteiger partial charge in [-0.15, -0.1) is 11.8 Å². The van der Waals surface area contributed by atoms with Gasteiger partial charge in [0.15, 0.2) is 5.76 Å². The van der Waals surface area contributed by atoms with Crippen molar-refractivity contribution in [3.8, 4) is 0 Å². The fraction of sp³-hybridized carbons (Fsp3) is 0.654. The standard InChI is InChI=1S/C26H39NO3S/c1-2-3-4-5-6-7-8-9-10-11-12-13-14-15-16-20-31-22-19-17-18-21-23(22)24(28)25(29)26(30)27-21/h17-19,28H,2-16,20H2,1H3. The average molecular weight is 446 g/mol. The van der Waals surface area contributed by atoms with E-state index in [-0.39, 0.29) is 0 Å². The first-order valence-electron chi connectivity index (χ1n) is 12.3. The van der Waals surface area contributed by atoms with Gasteiger partial charge in [0.05, 0.1) is 10.6 Å². The minimum Gasteiger partial charge on any atom is -0.503 e. The highest BCUT2D eigenvalue weighted by molar-refractivity contribution is 7.99. The van der Waals surface area contributed by atoms with Gasteiger partial charge in [0, 0.05) is 4.90 Å². The van der Waals surface area contributed by atoms with E-state index in [0.717, 1.165) is 17.1 Å². The predicted octanol–water partition coefficient (Wildman–Crippen LogP) is 6.05. The number of Topliss-reactive ketones (excluding diaryl/α,β-unsaturated/α-hetero) is 1. The number of thioether (sulfide) groups is 1. The van der Waals surface area contributed by atoms with Crippen molar-refractivity contribution < 1.29 is 14.7 Å². The fourth-order valence-electron chi connectivity index (χ4n) is 4.00. The summed E-state index contributed by atoms with van der Waals surface area (Å²) in [5.74, 6) is -1.33. The van der Waals surface area contributed by atoms with Crippen LogP contribution in [0.25, 0.3) is 5.76 Å². The monoisotopic (exact) mass is 445 g/mol. The molecule has 0 saturated carbocycles. The van der Waals surface area contributed by atoms with E-state index in [0.29, 0.717) is 10.6 Å². The van der Waals surface area contributed by atoms with Gasteiger partial charge in [-0.1, -0.05) is 103 Å². The quantitative estimate of drug-likeness (QED) is 0.180. The third kappa shape index (κ3) is 9.18. The number of fused-ring (bicyclic) bond motifs is 1. The first-order valence-corrected chi connectivity index (χ1v) is 13.3. The van der Waals surface area contributed by atoms with Crippen LogP contribution < -0.4 is 10.6 Å². The van der Waals surface area contributed by atoms with Gasteiger partial charge in [0.2, 0.25) is 0 Å². The van der Waals surface area contributed by atoms with Gasteiger partial charge in [-0.05, 0) is 24.3 Å². The van der Waals surface area contributed by atoms with Crippen molar-refractivity contribution in [1.82, 2.24) is 0 Å². The molecule has 5 heteroatoms. The van der Waals surface area contributed by atoms with Crippen molar-refractivity contribution in [3.63, 3.8) is 0 Å². The van der Waals surface area contributed by atoms with E-state index in [1.165, 1.54) is 89.9 Å². The van der Waals surface area contributed by atoms with Crippen molar-refractivity contribution in [2.75, 3.05) is 5.75 Å². The van der Waals surface area contributed by atoms with Crippen LogP contribution in [0, 0.1) is 0 Å². The average Bonchev–Trinajstić information content (AvgIpc) is 2.77. The van der Waals surface area contributed by atoms with Crippen molar-refractivity contribution in [1.29, 1.82) is 0 Å². The van der Waals surface area contributed by atoms with Gasteiger partial charge < -0.3 is 5.11 Å². The molecule has 1 aliphatic rings. The zero-order valence-corrected chi connectivity index (χ0v) is 20.0. The zero-order chi connectivity index (χ0) is 22.3. The van der Waals surface area contributed by atoms with Gasteiger partial charge in [0.25, 0.3) is 5.78 Å². The van der Waals surface area contributed by atoms with Crippen LogP contribution in [-0.4, -0.2) is 22.5 Å². The highest BCUT2D eigenvalue weighted by atomic mass is 32.2. The number of nitrogens with zero attached hydrogens (tertiary/aromatic N) is 1. The van der Waals surface area contributed by atoms with E-state index < -0.39 is 17.4 Å². The maximum Gasteiger partial charge on any atom is 0.321 e. The first-order chi connectivity index (χ1) is 15.1. The maximum absolute atomic E-state index is 11.7. The number of benzene rings is 1. The van der Waals surface area contributed by atoms with Crippen molar-refractivity contribution in [3.05, 3.63) is 28.8 Å². The van der Waals surface area contributed by atoms with Crippen LogP contribution >= 0.6 is 11.8 Å². The number of hydrogen-bond acceptors (Lipinski definition) is 4. The number of aliphatic hydroxyl groups is 1. The third-order valence-electron chi connectivity index (χ3n) is 5.88. The molecular formula is C26H39NO3S. The molecule has 1 aliphatic heterocycles. The molecule has 0 bridgehead atoms. The lowest BCUT2D eigenvalue weighted by Gasteiger charge is -2.08. The summed E-state index contributed by atoms with van der Waals surface area (Å²) < 4.78 is 0. The fourth-order valence-corrected chi connectivity index (χ4v) is 5.09. The third-order valence-corrected chi connectivity index (χ3v) is 7.02. The Morgan fingerprint density at radius 1 is 0.774 bits per heavy atom. The Morgan fingerprint density at radius 2 is 1.29 bits per heavy atom. The van der Waals surface area contributed by atoms with E-state index in [1.807, 2.05) is 12.1 Å². The van der Waals surface area contributed by atoms with Crippen molar-refractivity contribution in [2.45, 2.75) is 108 Å². The Bertz CT molecular complexity index is 818. The normalized spacial score (nSPS) is 13.4. The van der Waals surface area contributed by atoms with Crippen LogP contribution in [0.4, 0.5) is 0 Å². The van der Waals surface area contributed by atoms with Gasteiger partial charge in [-0.3, -0.25) is 9.59 Å². The first kappa shape index (κ1) is 25.6. The minimum atomic E-state index is -0.910. The van der Waals surface area contributed by atoms with E-state index in [4.69, 9.17) is 0 Å². The molecule has 2 rings (SSSR count). The Morgan fingerprint density at radius 3 is 1.84 bits per heavy atom. The molecule has 0 aromatic heterocycles. The Kier molecular flexibility index (Phi) is 12.6. The lowest BCUT2D eigenvalue weighted by Crippen LogP contribution is -2.39. The molecule has 0 aliphatic carbocycles. The van der Waals surface area contributed by atoms with Crippen LogP contribution in [0.5, 0.6) is 0 Å². The molecule has 31 heavy (non-hydrogen) atoms. The summed E-state index contributed by atoms with van der Waals surface area (Å²) in [6, 6.07) is 5.35. The summed E-state index contributed by atoms with van der Waals surface area (Å²) in [6.45, 7) is 2.27. The largest absolute Gasteiger partial charge is 0.503 e. The van der Waals surface area contributed by atoms with Gasteiger partial charge >= 0.3 is 5.91 Å². The molecule has 4 nitrogen and oxygen atoms in total. The van der Waals surface area contributed by atoms with Crippen LogP contribution in [0.2, 0.25) is 0 Å². The van der Waals surface area contributed by atoms with E-state index in [2.05, 4.69) is 11.9 Å². The summed E-state index contributed by atoms with van der Waals surface area (Å²) in [6.07, 6.45) is 20.2. The molecule has 172 valence electrons. The highest BCUT2D eigenvalue weighted by Gasteiger charge is 2.24. The molecule has 0 fully saturated rings. The van der Waals surface area contributed by atoms with Gasteiger partial charge in [-0.2, -0.15) is 0 Å². The lowest BCUT2D eigenvalue weighted by atomic mass is 10.0. The summed E-state index contributed by atoms with van der Waals surface area (Å²) in [5, 5.41) is 10.9. The number of unbranched alkanes of at least 4 members (excludes halogenated alkanes) is 14. The van der Waals surface area contributed by atoms with Crippen LogP contribution in [0.15, 0.2) is 28.1 Å². The number of rotatable bonds is 17. The molecule has 0 unspecified atom stereocenters. The van der Waals surface area contributed by atoms with Gasteiger partial charge in [-0.25, -0.2) is 4.99 Å². The molecule has 0 radical (unpaired) electrons. The predicted molar refractivity (Wildman–Crippen MR) is 129 cm³/mol. The number of carbonyl (C=O) groups excluding carboxylic acids is 2. The Hall–Kier alpha value is -1.62. The van der Waals surface area contributed by atoms with E-state index >= 15 is 0 Å². The smallest absolute Gasteiger partial charge is 0.321 e. The second-order valence-corrected chi connectivity index (χ2v) is 9.68. The molecule has 0 saturated heterocycles. The SMILES string of the molecule is CCCCCCCCCCCCCCCCCSc1cccc2c1=C(O)C(=O)C(=O)N=2. The number of hydrogen-bond donors (Lipinski definition) is 1. The topological polar surface area (TPSA) is 66.7 Å². The molecule has 1 N–H and O–H groups in total. The highest BCUT2D eigenvalue weighted by Crippen LogP contribution is 2.18. The molecule has 1 aromatic rings. The molecular weight excluding hydrogens is 406 g/mol. The van der Waals surface area contributed by atoms with E-state index in [1.54, 1.807) is 17.8 Å². The second kappa shape index (κ2) is 15.2. The summed E-state index contributed by atoms with van der Waals surface area (Å²) in [5.41, 5.74) is 0. The molecule has 0 spiro atoms. The lowest BCUT2D eigenvalue weighted by molar-refractivity contribution is -0.133. The Balaban J connectivity index is 1.50. The summed E-state index contributed by atoms with van der Waals surface area (Å²) in [4.78, 5) is 27.8.